The highest BCUT2D eigenvalue weighted by Gasteiger charge is 2.14. The number of piperidine rings is 1. The average molecular weight is 489 g/mol. The molecule has 3 aromatic rings. The van der Waals surface area contributed by atoms with Crippen LogP contribution < -0.4 is 14.8 Å². The minimum absolute atomic E-state index is 0.195. The third-order valence-electron chi connectivity index (χ3n) is 6.77. The van der Waals surface area contributed by atoms with Crippen molar-refractivity contribution >= 4 is 5.82 Å². The van der Waals surface area contributed by atoms with E-state index in [0.717, 1.165) is 54.3 Å². The van der Waals surface area contributed by atoms with Crippen molar-refractivity contribution in [3.05, 3.63) is 66.5 Å². The van der Waals surface area contributed by atoms with E-state index < -0.39 is 0 Å². The third-order valence-corrected chi connectivity index (χ3v) is 6.77. The number of likely N-dealkylation sites (tertiary alicyclic amines) is 1. The molecular formula is C30H40N4O2. The van der Waals surface area contributed by atoms with E-state index in [1.54, 1.807) is 19.5 Å². The molecule has 1 fully saturated rings. The van der Waals surface area contributed by atoms with Gasteiger partial charge in [-0.15, -0.1) is 0 Å². The molecule has 1 aliphatic rings. The van der Waals surface area contributed by atoms with Crippen LogP contribution >= 0.6 is 0 Å². The Balaban J connectivity index is 1.36. The highest BCUT2D eigenvalue weighted by Crippen LogP contribution is 2.32. The lowest BCUT2D eigenvalue weighted by Crippen LogP contribution is -2.30. The van der Waals surface area contributed by atoms with Gasteiger partial charge in [-0.25, -0.2) is 4.98 Å². The van der Waals surface area contributed by atoms with Crippen molar-refractivity contribution in [3.63, 3.8) is 0 Å². The van der Waals surface area contributed by atoms with E-state index in [9.17, 15) is 0 Å². The number of unbranched alkanes of at least 4 members (excludes halogenated alkanes) is 1. The first kappa shape index (κ1) is 26.0. The lowest BCUT2D eigenvalue weighted by molar-refractivity contribution is 0.214. The first-order valence-electron chi connectivity index (χ1n) is 13.4. The maximum absolute atomic E-state index is 6.07. The number of nitrogens with zero attached hydrogens (tertiary/aromatic N) is 3. The Kier molecular flexibility index (Phi) is 9.97. The summed E-state index contributed by atoms with van der Waals surface area (Å²) < 4.78 is 11.7. The normalized spacial score (nSPS) is 14.8. The number of hydrogen-bond acceptors (Lipinski definition) is 6. The van der Waals surface area contributed by atoms with E-state index in [4.69, 9.17) is 14.5 Å². The van der Waals surface area contributed by atoms with Crippen molar-refractivity contribution in [2.75, 3.05) is 38.7 Å². The number of rotatable bonds is 13. The van der Waals surface area contributed by atoms with Gasteiger partial charge in [-0.05, 0) is 75.5 Å². The van der Waals surface area contributed by atoms with Gasteiger partial charge in [0.25, 0.3) is 0 Å². The molecule has 36 heavy (non-hydrogen) atoms. The molecule has 6 nitrogen and oxygen atoms in total. The summed E-state index contributed by atoms with van der Waals surface area (Å²) in [4.78, 5) is 11.9. The van der Waals surface area contributed by atoms with Gasteiger partial charge in [0.1, 0.15) is 5.82 Å². The average Bonchev–Trinajstić information content (AvgIpc) is 2.94. The molecule has 4 rings (SSSR count). The maximum atomic E-state index is 6.07. The molecule has 1 aliphatic heterocycles. The van der Waals surface area contributed by atoms with Gasteiger partial charge in [-0.3, -0.25) is 4.98 Å². The largest absolute Gasteiger partial charge is 0.493 e. The van der Waals surface area contributed by atoms with Crippen LogP contribution in [0.25, 0.3) is 11.3 Å². The zero-order valence-electron chi connectivity index (χ0n) is 21.8. The zero-order chi connectivity index (χ0) is 25.0. The molecule has 1 saturated heterocycles. The minimum Gasteiger partial charge on any atom is -0.493 e. The van der Waals surface area contributed by atoms with Crippen LogP contribution in [0.4, 0.5) is 5.82 Å². The smallest absolute Gasteiger partial charge is 0.161 e. The number of nitrogens with one attached hydrogen (secondary N) is 1. The van der Waals surface area contributed by atoms with Crippen LogP contribution in [0.3, 0.4) is 0 Å². The van der Waals surface area contributed by atoms with Crippen molar-refractivity contribution in [3.8, 4) is 22.8 Å². The molecule has 1 atom stereocenters. The Morgan fingerprint density at radius 2 is 1.81 bits per heavy atom. The monoisotopic (exact) mass is 488 g/mol. The minimum atomic E-state index is 0.195. The van der Waals surface area contributed by atoms with Gasteiger partial charge in [-0.2, -0.15) is 0 Å². The van der Waals surface area contributed by atoms with Crippen LogP contribution in [-0.4, -0.2) is 48.2 Å². The van der Waals surface area contributed by atoms with Gasteiger partial charge >= 0.3 is 0 Å². The summed E-state index contributed by atoms with van der Waals surface area (Å²) in [6, 6.07) is 16.7. The lowest BCUT2D eigenvalue weighted by atomic mass is 10.0. The summed E-state index contributed by atoms with van der Waals surface area (Å²) >= 11 is 0. The molecular weight excluding hydrogens is 448 g/mol. The molecule has 0 radical (unpaired) electrons. The summed E-state index contributed by atoms with van der Waals surface area (Å²) in [7, 11) is 1.68. The molecule has 1 aromatic heterocycles. The third kappa shape index (κ3) is 7.44. The molecule has 0 spiro atoms. The number of methoxy groups -OCH3 is 1. The molecule has 0 amide bonds. The van der Waals surface area contributed by atoms with Crippen LogP contribution in [0.15, 0.2) is 60.9 Å². The van der Waals surface area contributed by atoms with E-state index in [-0.39, 0.29) is 6.04 Å². The highest BCUT2D eigenvalue weighted by atomic mass is 16.5. The van der Waals surface area contributed by atoms with Crippen LogP contribution in [0.1, 0.15) is 63.5 Å². The molecule has 192 valence electrons. The summed E-state index contributed by atoms with van der Waals surface area (Å²) in [6.45, 7) is 6.57. The number of benzene rings is 2. The van der Waals surface area contributed by atoms with Crippen molar-refractivity contribution < 1.29 is 9.47 Å². The van der Waals surface area contributed by atoms with E-state index in [1.807, 2.05) is 24.3 Å². The summed E-state index contributed by atoms with van der Waals surface area (Å²) in [6.07, 6.45) is 12.0. The Labute approximate surface area is 216 Å². The van der Waals surface area contributed by atoms with E-state index in [0.29, 0.717) is 6.61 Å². The molecule has 1 N–H and O–H groups in total. The van der Waals surface area contributed by atoms with E-state index >= 15 is 0 Å². The summed E-state index contributed by atoms with van der Waals surface area (Å²) in [5, 5.41) is 3.58. The lowest BCUT2D eigenvalue weighted by Gasteiger charge is -2.26. The van der Waals surface area contributed by atoms with E-state index in [2.05, 4.69) is 46.4 Å². The standard InChI is InChI=1S/C30H40N4O2/c1-3-12-26(24-13-6-4-7-14-24)32-30-23-31-22-27(33-30)25-15-16-28(29(21-25)35-2)36-20-11-10-19-34-17-8-5-9-18-34/h4,6-7,13-16,21-23,26H,3,5,8-12,17-20H2,1-2H3,(H,32,33). The first-order chi connectivity index (χ1) is 17.8. The van der Waals surface area contributed by atoms with Crippen molar-refractivity contribution in [2.45, 2.75) is 57.9 Å². The summed E-state index contributed by atoms with van der Waals surface area (Å²) in [5.74, 6) is 2.26. The maximum Gasteiger partial charge on any atom is 0.161 e. The fourth-order valence-electron chi connectivity index (χ4n) is 4.80. The second kappa shape index (κ2) is 13.8. The van der Waals surface area contributed by atoms with Crippen molar-refractivity contribution in [2.24, 2.45) is 0 Å². The number of anilines is 1. The van der Waals surface area contributed by atoms with Crippen molar-refractivity contribution in [1.29, 1.82) is 0 Å². The van der Waals surface area contributed by atoms with Crippen LogP contribution in [0, 0.1) is 0 Å². The topological polar surface area (TPSA) is 59.5 Å². The Hall–Kier alpha value is -3.12. The van der Waals surface area contributed by atoms with Gasteiger partial charge < -0.3 is 19.7 Å². The fourth-order valence-corrected chi connectivity index (χ4v) is 4.80. The fraction of sp³-hybridized carbons (Fsp3) is 0.467. The zero-order valence-corrected chi connectivity index (χ0v) is 21.8. The van der Waals surface area contributed by atoms with Gasteiger partial charge in [0.05, 0.1) is 37.8 Å². The molecule has 6 heteroatoms. The summed E-state index contributed by atoms with van der Waals surface area (Å²) in [5.41, 5.74) is 3.01. The molecule has 0 saturated carbocycles. The van der Waals surface area contributed by atoms with Crippen molar-refractivity contribution in [1.82, 2.24) is 14.9 Å². The first-order valence-corrected chi connectivity index (χ1v) is 13.4. The molecule has 0 bridgehead atoms. The van der Waals surface area contributed by atoms with E-state index in [1.165, 1.54) is 44.5 Å². The SMILES string of the molecule is CCCC(Nc1cncc(-c2ccc(OCCCCN3CCCCC3)c(OC)c2)n1)c1ccccc1. The Morgan fingerprint density at radius 1 is 0.972 bits per heavy atom. The second-order valence-corrected chi connectivity index (χ2v) is 9.51. The van der Waals surface area contributed by atoms with Crippen LogP contribution in [0.5, 0.6) is 11.5 Å². The molecule has 1 unspecified atom stereocenters. The molecule has 2 heterocycles. The molecule has 2 aromatic carbocycles. The number of aromatic nitrogens is 2. The van der Waals surface area contributed by atoms with Gasteiger partial charge in [0.15, 0.2) is 11.5 Å². The van der Waals surface area contributed by atoms with Gasteiger partial charge in [0, 0.05) is 5.56 Å². The Bertz CT molecular complexity index is 1050. The number of ether oxygens (including phenoxy) is 2. The predicted octanol–water partition coefficient (Wildman–Crippen LogP) is 6.75. The second-order valence-electron chi connectivity index (χ2n) is 9.51. The van der Waals surface area contributed by atoms with Crippen LogP contribution in [-0.2, 0) is 0 Å². The Morgan fingerprint density at radius 3 is 2.58 bits per heavy atom. The van der Waals surface area contributed by atoms with Crippen LogP contribution in [0.2, 0.25) is 0 Å². The van der Waals surface area contributed by atoms with Gasteiger partial charge in [-0.1, -0.05) is 50.1 Å². The van der Waals surface area contributed by atoms with Gasteiger partial charge in [0.2, 0.25) is 0 Å². The quantitative estimate of drug-likeness (QED) is 0.269. The predicted molar refractivity (Wildman–Crippen MR) is 147 cm³/mol. The molecule has 0 aliphatic carbocycles. The number of hydrogen-bond donors (Lipinski definition) is 1. The highest BCUT2D eigenvalue weighted by molar-refractivity contribution is 5.64.